The molecule has 2 N–H and O–H groups in total. The Labute approximate surface area is 140 Å². The summed E-state index contributed by atoms with van der Waals surface area (Å²) in [5.41, 5.74) is 0.683. The van der Waals surface area contributed by atoms with Gasteiger partial charge in [0.25, 0.3) is 0 Å². The van der Waals surface area contributed by atoms with Gasteiger partial charge in [0.2, 0.25) is 0 Å². The Morgan fingerprint density at radius 3 is 2.50 bits per heavy atom. The summed E-state index contributed by atoms with van der Waals surface area (Å²) < 4.78 is 5.51. The van der Waals surface area contributed by atoms with Crippen molar-refractivity contribution in [1.29, 1.82) is 0 Å². The lowest BCUT2D eigenvalue weighted by Gasteiger charge is -2.12. The molecule has 0 aliphatic carbocycles. The van der Waals surface area contributed by atoms with Crippen molar-refractivity contribution in [3.8, 4) is 0 Å². The third-order valence-corrected chi connectivity index (χ3v) is 4.05. The molecule has 0 saturated carbocycles. The summed E-state index contributed by atoms with van der Waals surface area (Å²) in [6.07, 6.45) is -0.786. The van der Waals surface area contributed by atoms with Crippen LogP contribution < -0.4 is 5.32 Å². The van der Waals surface area contributed by atoms with E-state index < -0.39 is 12.1 Å². The summed E-state index contributed by atoms with van der Waals surface area (Å²) in [4.78, 5) is 23.0. The molecule has 0 radical (unpaired) electrons. The standard InChI is InChI=1S/C15H11BrClNO4/c16-11-7-6-10(14(19)20)13(12(11)17)18-15(21)22-8-9-4-2-1-3-5-9/h1-7H,8H2,(H,18,21)(H,19,20). The summed E-state index contributed by atoms with van der Waals surface area (Å²) in [5.74, 6) is -1.20. The third kappa shape index (κ3) is 3.99. The van der Waals surface area contributed by atoms with Crippen LogP contribution in [0.1, 0.15) is 15.9 Å². The van der Waals surface area contributed by atoms with Gasteiger partial charge in [-0.05, 0) is 33.6 Å². The van der Waals surface area contributed by atoms with Gasteiger partial charge in [0.05, 0.1) is 16.3 Å². The van der Waals surface area contributed by atoms with Crippen molar-refractivity contribution >= 4 is 45.3 Å². The van der Waals surface area contributed by atoms with E-state index in [0.717, 1.165) is 5.56 Å². The largest absolute Gasteiger partial charge is 0.478 e. The number of aromatic carboxylic acids is 1. The van der Waals surface area contributed by atoms with E-state index in [4.69, 9.17) is 21.4 Å². The predicted molar refractivity (Wildman–Crippen MR) is 86.4 cm³/mol. The monoisotopic (exact) mass is 383 g/mol. The van der Waals surface area contributed by atoms with E-state index in [1.807, 2.05) is 30.3 Å². The molecule has 7 heteroatoms. The van der Waals surface area contributed by atoms with Crippen molar-refractivity contribution in [2.45, 2.75) is 6.61 Å². The second-order valence-corrected chi connectivity index (χ2v) is 5.51. The van der Waals surface area contributed by atoms with Crippen molar-refractivity contribution < 1.29 is 19.4 Å². The normalized spacial score (nSPS) is 10.1. The Morgan fingerprint density at radius 1 is 1.18 bits per heavy atom. The number of anilines is 1. The van der Waals surface area contributed by atoms with Gasteiger partial charge in [-0.25, -0.2) is 9.59 Å². The van der Waals surface area contributed by atoms with Gasteiger partial charge in [0, 0.05) is 4.47 Å². The van der Waals surface area contributed by atoms with Crippen LogP contribution in [0.15, 0.2) is 46.9 Å². The van der Waals surface area contributed by atoms with Crippen molar-refractivity contribution in [1.82, 2.24) is 0 Å². The molecular weight excluding hydrogens is 374 g/mol. The van der Waals surface area contributed by atoms with Crippen LogP contribution in [0.5, 0.6) is 0 Å². The molecular formula is C15H11BrClNO4. The average molecular weight is 385 g/mol. The van der Waals surface area contributed by atoms with Gasteiger partial charge in [-0.1, -0.05) is 41.9 Å². The molecule has 0 spiro atoms. The number of carboxylic acid groups (broad SMARTS) is 1. The Bertz CT molecular complexity index is 706. The number of hydrogen-bond acceptors (Lipinski definition) is 3. The lowest BCUT2D eigenvalue weighted by Crippen LogP contribution is -2.16. The highest BCUT2D eigenvalue weighted by atomic mass is 79.9. The Balaban J connectivity index is 2.11. The van der Waals surface area contributed by atoms with Crippen molar-refractivity contribution in [3.63, 3.8) is 0 Å². The summed E-state index contributed by atoms with van der Waals surface area (Å²) in [6.45, 7) is 0.0701. The second-order valence-electron chi connectivity index (χ2n) is 4.28. The minimum absolute atomic E-state index is 0.0124. The van der Waals surface area contributed by atoms with Gasteiger partial charge in [-0.3, -0.25) is 5.32 Å². The average Bonchev–Trinajstić information content (AvgIpc) is 2.50. The van der Waals surface area contributed by atoms with E-state index in [9.17, 15) is 9.59 Å². The molecule has 5 nitrogen and oxygen atoms in total. The molecule has 0 aliphatic heterocycles. The van der Waals surface area contributed by atoms with Crippen LogP contribution in [0.4, 0.5) is 10.5 Å². The molecule has 0 aromatic heterocycles. The number of rotatable bonds is 4. The highest BCUT2D eigenvalue weighted by molar-refractivity contribution is 9.10. The topological polar surface area (TPSA) is 75.6 Å². The minimum Gasteiger partial charge on any atom is -0.478 e. The molecule has 0 bridgehead atoms. The maximum absolute atomic E-state index is 11.8. The molecule has 0 heterocycles. The van der Waals surface area contributed by atoms with Crippen molar-refractivity contribution in [2.24, 2.45) is 0 Å². The Kier molecular flexibility index (Phi) is 5.41. The first kappa shape index (κ1) is 16.3. The number of carboxylic acids is 1. The van der Waals surface area contributed by atoms with E-state index in [1.54, 1.807) is 0 Å². The van der Waals surface area contributed by atoms with Crippen molar-refractivity contribution in [2.75, 3.05) is 5.32 Å². The zero-order chi connectivity index (χ0) is 16.1. The quantitative estimate of drug-likeness (QED) is 0.811. The number of hydrogen-bond donors (Lipinski definition) is 2. The van der Waals surface area contributed by atoms with E-state index in [1.165, 1.54) is 12.1 Å². The minimum atomic E-state index is -1.20. The smallest absolute Gasteiger partial charge is 0.412 e. The SMILES string of the molecule is O=C(Nc1c(C(=O)O)ccc(Br)c1Cl)OCc1ccccc1. The first-order chi connectivity index (χ1) is 10.5. The van der Waals surface area contributed by atoms with Crippen LogP contribution in [0.3, 0.4) is 0 Å². The van der Waals surface area contributed by atoms with Gasteiger partial charge < -0.3 is 9.84 Å². The van der Waals surface area contributed by atoms with Crippen LogP contribution in [0, 0.1) is 0 Å². The molecule has 114 valence electrons. The Morgan fingerprint density at radius 2 is 1.86 bits per heavy atom. The third-order valence-electron chi connectivity index (χ3n) is 2.77. The highest BCUT2D eigenvalue weighted by Gasteiger charge is 2.18. The molecule has 0 saturated heterocycles. The van der Waals surface area contributed by atoms with Gasteiger partial charge in [0.15, 0.2) is 0 Å². The molecule has 0 aliphatic rings. The highest BCUT2D eigenvalue weighted by Crippen LogP contribution is 2.33. The van der Waals surface area contributed by atoms with Crippen LogP contribution in [-0.4, -0.2) is 17.2 Å². The van der Waals surface area contributed by atoms with Gasteiger partial charge in [0.1, 0.15) is 6.61 Å². The van der Waals surface area contributed by atoms with Crippen molar-refractivity contribution in [3.05, 3.63) is 63.1 Å². The summed E-state index contributed by atoms with van der Waals surface area (Å²) >= 11 is 9.20. The number of ether oxygens (including phenoxy) is 1. The second kappa shape index (κ2) is 7.29. The number of amides is 1. The zero-order valence-electron chi connectivity index (χ0n) is 11.2. The number of halogens is 2. The van der Waals surface area contributed by atoms with Crippen LogP contribution in [0.25, 0.3) is 0 Å². The fraction of sp³-hybridized carbons (Fsp3) is 0.0667. The number of benzene rings is 2. The van der Waals surface area contributed by atoms with Crippen LogP contribution in [-0.2, 0) is 11.3 Å². The molecule has 0 unspecified atom stereocenters. The van der Waals surface area contributed by atoms with E-state index >= 15 is 0 Å². The summed E-state index contributed by atoms with van der Waals surface area (Å²) in [5, 5.41) is 11.6. The lowest BCUT2D eigenvalue weighted by molar-refractivity contribution is 0.0698. The molecule has 2 aromatic rings. The summed E-state index contributed by atoms with van der Waals surface area (Å²) in [6, 6.07) is 11.9. The number of carbonyl (C=O) groups is 2. The van der Waals surface area contributed by atoms with Crippen LogP contribution in [0.2, 0.25) is 5.02 Å². The number of nitrogens with one attached hydrogen (secondary N) is 1. The zero-order valence-corrected chi connectivity index (χ0v) is 13.5. The van der Waals surface area contributed by atoms with Gasteiger partial charge >= 0.3 is 12.1 Å². The maximum Gasteiger partial charge on any atom is 0.412 e. The fourth-order valence-electron chi connectivity index (χ4n) is 1.71. The van der Waals surface area contributed by atoms with E-state index in [0.29, 0.717) is 4.47 Å². The fourth-order valence-corrected chi connectivity index (χ4v) is 2.25. The molecule has 2 rings (SSSR count). The van der Waals surface area contributed by atoms with Gasteiger partial charge in [-0.15, -0.1) is 0 Å². The first-order valence-electron chi connectivity index (χ1n) is 6.18. The summed E-state index contributed by atoms with van der Waals surface area (Å²) in [7, 11) is 0. The molecule has 1 amide bonds. The molecule has 0 atom stereocenters. The van der Waals surface area contributed by atoms with E-state index in [2.05, 4.69) is 21.2 Å². The maximum atomic E-state index is 11.8. The van der Waals surface area contributed by atoms with Gasteiger partial charge in [-0.2, -0.15) is 0 Å². The van der Waals surface area contributed by atoms with E-state index in [-0.39, 0.29) is 22.9 Å². The first-order valence-corrected chi connectivity index (χ1v) is 7.35. The lowest BCUT2D eigenvalue weighted by atomic mass is 10.2. The molecule has 0 fully saturated rings. The molecule has 2 aromatic carbocycles. The van der Waals surface area contributed by atoms with Crippen LogP contribution >= 0.6 is 27.5 Å². The predicted octanol–water partition coefficient (Wildman–Crippen LogP) is 4.55. The molecule has 22 heavy (non-hydrogen) atoms. The number of carbonyl (C=O) groups excluding carboxylic acids is 1. The Hall–Kier alpha value is -2.05.